The van der Waals surface area contributed by atoms with Crippen LogP contribution in [-0.2, 0) is 13.5 Å². The molecule has 0 atom stereocenters. The van der Waals surface area contributed by atoms with Crippen molar-refractivity contribution >= 4 is 5.82 Å². The van der Waals surface area contributed by atoms with Gasteiger partial charge in [-0.25, -0.2) is 0 Å². The summed E-state index contributed by atoms with van der Waals surface area (Å²) in [6.45, 7) is 6.99. The lowest BCUT2D eigenvalue weighted by atomic mass is 9.98. The Hall–Kier alpha value is -1.97. The predicted octanol–water partition coefficient (Wildman–Crippen LogP) is 3.27. The molecule has 2 aromatic rings. The second-order valence-corrected chi connectivity index (χ2v) is 5.36. The molecular weight excluding hydrogens is 250 g/mol. The largest absolute Gasteiger partial charge is 0.493 e. The minimum atomic E-state index is 0.527. The fourth-order valence-electron chi connectivity index (χ4n) is 2.35. The van der Waals surface area contributed by atoms with Gasteiger partial charge in [-0.1, -0.05) is 26.0 Å². The average molecular weight is 273 g/mol. The van der Waals surface area contributed by atoms with Gasteiger partial charge in [0.25, 0.3) is 0 Å². The van der Waals surface area contributed by atoms with Crippen molar-refractivity contribution in [3.05, 3.63) is 29.8 Å². The van der Waals surface area contributed by atoms with Crippen molar-refractivity contribution in [3.63, 3.8) is 0 Å². The zero-order valence-corrected chi connectivity index (χ0v) is 12.7. The molecule has 1 aromatic heterocycles. The number of nitrogens with two attached hydrogens (primary N) is 1. The highest BCUT2D eigenvalue weighted by atomic mass is 16.5. The molecule has 0 aliphatic carbocycles. The summed E-state index contributed by atoms with van der Waals surface area (Å²) in [5, 5.41) is 4.59. The summed E-state index contributed by atoms with van der Waals surface area (Å²) < 4.78 is 7.46. The van der Waals surface area contributed by atoms with Crippen molar-refractivity contribution in [2.45, 2.75) is 27.2 Å². The van der Waals surface area contributed by atoms with Crippen LogP contribution in [0, 0.1) is 5.92 Å². The third-order valence-corrected chi connectivity index (χ3v) is 3.25. The molecule has 0 amide bonds. The summed E-state index contributed by atoms with van der Waals surface area (Å²) in [6.07, 6.45) is 0.912. The van der Waals surface area contributed by atoms with Gasteiger partial charge in [-0.05, 0) is 31.4 Å². The number of rotatable bonds is 5. The van der Waals surface area contributed by atoms with Crippen molar-refractivity contribution in [2.24, 2.45) is 13.0 Å². The molecule has 0 unspecified atom stereocenters. The molecule has 4 nitrogen and oxygen atoms in total. The van der Waals surface area contributed by atoms with Gasteiger partial charge in [0.05, 0.1) is 6.61 Å². The predicted molar refractivity (Wildman–Crippen MR) is 82.8 cm³/mol. The normalized spacial score (nSPS) is 11.1. The number of hydrogen-bond donors (Lipinski definition) is 1. The standard InChI is InChI=1S/C16H23N3O/c1-5-20-14-9-7-6-8-12(14)15-13(10-11(2)3)16(17)19(4)18-15/h6-9,11H,5,10,17H2,1-4H3. The van der Waals surface area contributed by atoms with Crippen LogP contribution in [0.3, 0.4) is 0 Å². The minimum Gasteiger partial charge on any atom is -0.493 e. The van der Waals surface area contributed by atoms with E-state index in [1.165, 1.54) is 0 Å². The van der Waals surface area contributed by atoms with Crippen LogP contribution in [0.25, 0.3) is 11.3 Å². The van der Waals surface area contributed by atoms with E-state index in [2.05, 4.69) is 18.9 Å². The molecule has 0 aliphatic rings. The smallest absolute Gasteiger partial charge is 0.128 e. The Balaban J connectivity index is 2.55. The molecule has 0 saturated heterocycles. The highest BCUT2D eigenvalue weighted by Gasteiger charge is 2.19. The van der Waals surface area contributed by atoms with Gasteiger partial charge in [0.2, 0.25) is 0 Å². The van der Waals surface area contributed by atoms with Crippen LogP contribution in [-0.4, -0.2) is 16.4 Å². The van der Waals surface area contributed by atoms with Crippen LogP contribution in [0.4, 0.5) is 5.82 Å². The highest BCUT2D eigenvalue weighted by molar-refractivity contribution is 5.73. The number of aromatic nitrogens is 2. The molecule has 0 spiro atoms. The van der Waals surface area contributed by atoms with Gasteiger partial charge in [-0.3, -0.25) is 4.68 Å². The van der Waals surface area contributed by atoms with Crippen molar-refractivity contribution in [1.82, 2.24) is 9.78 Å². The molecule has 2 N–H and O–H groups in total. The highest BCUT2D eigenvalue weighted by Crippen LogP contribution is 2.34. The molecule has 0 bridgehead atoms. The number of nitrogens with zero attached hydrogens (tertiary/aromatic N) is 2. The Morgan fingerprint density at radius 2 is 2.00 bits per heavy atom. The topological polar surface area (TPSA) is 53.1 Å². The zero-order chi connectivity index (χ0) is 14.7. The van der Waals surface area contributed by atoms with E-state index >= 15 is 0 Å². The summed E-state index contributed by atoms with van der Waals surface area (Å²) in [4.78, 5) is 0. The number of aryl methyl sites for hydroxylation is 1. The molecular formula is C16H23N3O. The Morgan fingerprint density at radius 1 is 1.30 bits per heavy atom. The first-order chi connectivity index (χ1) is 9.54. The van der Waals surface area contributed by atoms with Crippen LogP contribution in [0.15, 0.2) is 24.3 Å². The zero-order valence-electron chi connectivity index (χ0n) is 12.7. The third kappa shape index (κ3) is 2.79. The maximum absolute atomic E-state index is 6.17. The van der Waals surface area contributed by atoms with Gasteiger partial charge in [-0.15, -0.1) is 0 Å². The minimum absolute atomic E-state index is 0.527. The molecule has 1 heterocycles. The lowest BCUT2D eigenvalue weighted by molar-refractivity contribution is 0.341. The molecule has 1 aromatic carbocycles. The van der Waals surface area contributed by atoms with E-state index in [1.807, 2.05) is 38.2 Å². The lowest BCUT2D eigenvalue weighted by Crippen LogP contribution is -2.02. The SMILES string of the molecule is CCOc1ccccc1-c1nn(C)c(N)c1CC(C)C. The molecule has 4 heteroatoms. The monoisotopic (exact) mass is 273 g/mol. The summed E-state index contributed by atoms with van der Waals surface area (Å²) in [5.41, 5.74) is 9.22. The van der Waals surface area contributed by atoms with Gasteiger partial charge in [0.15, 0.2) is 0 Å². The number of benzene rings is 1. The number of ether oxygens (including phenoxy) is 1. The second kappa shape index (κ2) is 5.99. The van der Waals surface area contributed by atoms with Gasteiger partial charge >= 0.3 is 0 Å². The Labute approximate surface area is 120 Å². The van der Waals surface area contributed by atoms with E-state index in [4.69, 9.17) is 10.5 Å². The molecule has 2 rings (SSSR count). The Kier molecular flexibility index (Phi) is 4.32. The van der Waals surface area contributed by atoms with Gasteiger partial charge in [0.1, 0.15) is 17.3 Å². The molecule has 0 radical (unpaired) electrons. The summed E-state index contributed by atoms with van der Waals surface area (Å²) in [5.74, 6) is 2.12. The summed E-state index contributed by atoms with van der Waals surface area (Å²) in [6, 6.07) is 7.99. The van der Waals surface area contributed by atoms with Crippen LogP contribution >= 0.6 is 0 Å². The maximum Gasteiger partial charge on any atom is 0.128 e. The first-order valence-electron chi connectivity index (χ1n) is 7.08. The number of hydrogen-bond acceptors (Lipinski definition) is 3. The second-order valence-electron chi connectivity index (χ2n) is 5.36. The van der Waals surface area contributed by atoms with E-state index < -0.39 is 0 Å². The van der Waals surface area contributed by atoms with Crippen molar-refractivity contribution in [1.29, 1.82) is 0 Å². The quantitative estimate of drug-likeness (QED) is 0.909. The molecule has 20 heavy (non-hydrogen) atoms. The number of nitrogen functional groups attached to an aromatic ring is 1. The summed E-state index contributed by atoms with van der Waals surface area (Å²) in [7, 11) is 1.88. The van der Waals surface area contributed by atoms with Crippen molar-refractivity contribution in [3.8, 4) is 17.0 Å². The van der Waals surface area contributed by atoms with Gasteiger partial charge in [0, 0.05) is 18.2 Å². The average Bonchev–Trinajstić information content (AvgIpc) is 2.67. The fraction of sp³-hybridized carbons (Fsp3) is 0.438. The molecule has 0 saturated carbocycles. The Morgan fingerprint density at radius 3 is 2.65 bits per heavy atom. The van der Waals surface area contributed by atoms with Crippen LogP contribution in [0.5, 0.6) is 5.75 Å². The van der Waals surface area contributed by atoms with E-state index in [-0.39, 0.29) is 0 Å². The number of para-hydroxylation sites is 1. The van der Waals surface area contributed by atoms with Gasteiger partial charge < -0.3 is 10.5 Å². The molecule has 0 fully saturated rings. The van der Waals surface area contributed by atoms with Crippen molar-refractivity contribution < 1.29 is 4.74 Å². The molecule has 108 valence electrons. The van der Waals surface area contributed by atoms with E-state index in [9.17, 15) is 0 Å². The maximum atomic E-state index is 6.17. The Bertz CT molecular complexity index is 587. The van der Waals surface area contributed by atoms with Crippen LogP contribution in [0.2, 0.25) is 0 Å². The van der Waals surface area contributed by atoms with E-state index in [0.717, 1.165) is 34.8 Å². The van der Waals surface area contributed by atoms with Crippen LogP contribution < -0.4 is 10.5 Å². The van der Waals surface area contributed by atoms with Crippen LogP contribution in [0.1, 0.15) is 26.3 Å². The first kappa shape index (κ1) is 14.4. The van der Waals surface area contributed by atoms with E-state index in [0.29, 0.717) is 12.5 Å². The third-order valence-electron chi connectivity index (χ3n) is 3.25. The summed E-state index contributed by atoms with van der Waals surface area (Å²) >= 11 is 0. The number of anilines is 1. The first-order valence-corrected chi connectivity index (χ1v) is 7.08. The van der Waals surface area contributed by atoms with Gasteiger partial charge in [-0.2, -0.15) is 5.10 Å². The lowest BCUT2D eigenvalue weighted by Gasteiger charge is -2.11. The molecule has 0 aliphatic heterocycles. The van der Waals surface area contributed by atoms with E-state index in [1.54, 1.807) is 4.68 Å². The van der Waals surface area contributed by atoms with Crippen molar-refractivity contribution in [2.75, 3.05) is 12.3 Å². The fourth-order valence-corrected chi connectivity index (χ4v) is 2.35.